The molecule has 1 aromatic rings. The van der Waals surface area contributed by atoms with Crippen molar-refractivity contribution in [2.24, 2.45) is 7.05 Å². The summed E-state index contributed by atoms with van der Waals surface area (Å²) in [6.07, 6.45) is 1.58. The number of nitrogens with one attached hydrogen (secondary N) is 1. The first-order valence-electron chi connectivity index (χ1n) is 4.11. The lowest BCUT2D eigenvalue weighted by Crippen LogP contribution is -2.16. The Labute approximate surface area is 76.4 Å². The third-order valence-corrected chi connectivity index (χ3v) is 1.83. The number of carboxylic acid groups (broad SMARTS) is 1. The lowest BCUT2D eigenvalue weighted by Gasteiger charge is -2.03. The van der Waals surface area contributed by atoms with Crippen molar-refractivity contribution in [3.05, 3.63) is 17.7 Å². The van der Waals surface area contributed by atoms with Crippen molar-refractivity contribution >= 4 is 5.97 Å². The molecule has 2 N–H and O–H groups in total. The van der Waals surface area contributed by atoms with Crippen LogP contribution in [0.25, 0.3) is 0 Å². The topological polar surface area (TPSA) is 67.2 Å². The van der Waals surface area contributed by atoms with E-state index in [1.54, 1.807) is 17.8 Å². The minimum absolute atomic E-state index is 0.0768. The Kier molecular flexibility index (Phi) is 3.02. The lowest BCUT2D eigenvalue weighted by molar-refractivity contribution is 0.0679. The first kappa shape index (κ1) is 9.73. The van der Waals surface area contributed by atoms with Gasteiger partial charge in [0.25, 0.3) is 0 Å². The molecule has 5 nitrogen and oxygen atoms in total. The number of hydrogen-bond donors (Lipinski definition) is 2. The normalized spacial score (nSPS) is 10.3. The highest BCUT2D eigenvalue weighted by Gasteiger charge is 2.11. The monoisotopic (exact) mass is 183 g/mol. The van der Waals surface area contributed by atoms with Crippen LogP contribution in [-0.4, -0.2) is 27.2 Å². The van der Waals surface area contributed by atoms with Gasteiger partial charge in [0, 0.05) is 13.6 Å². The van der Waals surface area contributed by atoms with E-state index in [1.165, 1.54) is 0 Å². The summed E-state index contributed by atoms with van der Waals surface area (Å²) in [6, 6.07) is 0. The second-order valence-electron chi connectivity index (χ2n) is 2.72. The number of carboxylic acids is 1. The Morgan fingerprint density at radius 3 is 2.92 bits per heavy atom. The van der Waals surface area contributed by atoms with Crippen molar-refractivity contribution in [3.8, 4) is 0 Å². The molecule has 0 saturated carbocycles. The van der Waals surface area contributed by atoms with Gasteiger partial charge in [0.15, 0.2) is 0 Å². The average molecular weight is 183 g/mol. The van der Waals surface area contributed by atoms with Gasteiger partial charge >= 0.3 is 5.97 Å². The van der Waals surface area contributed by atoms with Gasteiger partial charge in [-0.2, -0.15) is 0 Å². The van der Waals surface area contributed by atoms with E-state index in [9.17, 15) is 4.79 Å². The zero-order chi connectivity index (χ0) is 9.84. The van der Waals surface area contributed by atoms with Crippen LogP contribution >= 0.6 is 0 Å². The highest BCUT2D eigenvalue weighted by Crippen LogP contribution is 2.02. The molecule has 72 valence electrons. The van der Waals surface area contributed by atoms with Crippen LogP contribution in [0.3, 0.4) is 0 Å². The second kappa shape index (κ2) is 4.04. The summed E-state index contributed by atoms with van der Waals surface area (Å²) in [5.41, 5.74) is 0.874. The molecule has 0 aliphatic heterocycles. The standard InChI is InChI=1S/C8H13N3O2/c1-3-9-4-6-5-10-7(8(12)13)11(6)2/h5,9H,3-4H2,1-2H3,(H,12,13). The minimum atomic E-state index is -0.995. The fraction of sp³-hybridized carbons (Fsp3) is 0.500. The lowest BCUT2D eigenvalue weighted by atomic mass is 10.4. The predicted octanol–water partition coefficient (Wildman–Crippen LogP) is 0.228. The zero-order valence-electron chi connectivity index (χ0n) is 7.74. The predicted molar refractivity (Wildman–Crippen MR) is 47.5 cm³/mol. The van der Waals surface area contributed by atoms with Gasteiger partial charge in [0.05, 0.1) is 11.9 Å². The van der Waals surface area contributed by atoms with E-state index in [0.717, 1.165) is 12.2 Å². The van der Waals surface area contributed by atoms with Crippen LogP contribution in [-0.2, 0) is 13.6 Å². The van der Waals surface area contributed by atoms with Crippen molar-refractivity contribution in [2.45, 2.75) is 13.5 Å². The van der Waals surface area contributed by atoms with E-state index in [4.69, 9.17) is 5.11 Å². The van der Waals surface area contributed by atoms with Crippen molar-refractivity contribution in [3.63, 3.8) is 0 Å². The summed E-state index contributed by atoms with van der Waals surface area (Å²) in [5, 5.41) is 11.8. The zero-order valence-corrected chi connectivity index (χ0v) is 7.74. The molecule has 0 aromatic carbocycles. The average Bonchev–Trinajstić information content (AvgIpc) is 2.43. The van der Waals surface area contributed by atoms with Crippen molar-refractivity contribution in [2.75, 3.05) is 6.54 Å². The second-order valence-corrected chi connectivity index (χ2v) is 2.72. The van der Waals surface area contributed by atoms with E-state index in [-0.39, 0.29) is 5.82 Å². The van der Waals surface area contributed by atoms with E-state index >= 15 is 0 Å². The van der Waals surface area contributed by atoms with Crippen molar-refractivity contribution < 1.29 is 9.90 Å². The van der Waals surface area contributed by atoms with Gasteiger partial charge < -0.3 is 15.0 Å². The summed E-state index contributed by atoms with van der Waals surface area (Å²) in [5.74, 6) is -0.918. The smallest absolute Gasteiger partial charge is 0.372 e. The number of aromatic carboxylic acids is 1. The van der Waals surface area contributed by atoms with Crippen LogP contribution in [0.5, 0.6) is 0 Å². The molecular formula is C8H13N3O2. The maximum absolute atomic E-state index is 10.6. The summed E-state index contributed by atoms with van der Waals surface area (Å²) < 4.78 is 1.57. The van der Waals surface area contributed by atoms with Crippen LogP contribution in [0.4, 0.5) is 0 Å². The summed E-state index contributed by atoms with van der Waals surface area (Å²) >= 11 is 0. The van der Waals surface area contributed by atoms with Gasteiger partial charge in [-0.25, -0.2) is 9.78 Å². The van der Waals surface area contributed by atoms with Crippen LogP contribution in [0, 0.1) is 0 Å². The number of nitrogens with zero attached hydrogens (tertiary/aromatic N) is 2. The van der Waals surface area contributed by atoms with Gasteiger partial charge in [-0.05, 0) is 6.54 Å². The molecule has 5 heteroatoms. The molecule has 13 heavy (non-hydrogen) atoms. The fourth-order valence-electron chi connectivity index (χ4n) is 1.06. The number of imidazole rings is 1. The highest BCUT2D eigenvalue weighted by atomic mass is 16.4. The van der Waals surface area contributed by atoms with Crippen molar-refractivity contribution in [1.29, 1.82) is 0 Å². The molecule has 0 unspecified atom stereocenters. The molecule has 0 bridgehead atoms. The fourth-order valence-corrected chi connectivity index (χ4v) is 1.06. The van der Waals surface area contributed by atoms with Gasteiger partial charge in [-0.15, -0.1) is 0 Å². The molecule has 0 aliphatic carbocycles. The highest BCUT2D eigenvalue weighted by molar-refractivity contribution is 5.83. The third-order valence-electron chi connectivity index (χ3n) is 1.83. The Morgan fingerprint density at radius 2 is 2.46 bits per heavy atom. The molecule has 1 aromatic heterocycles. The molecule has 0 fully saturated rings. The maximum atomic E-state index is 10.6. The maximum Gasteiger partial charge on any atom is 0.372 e. The first-order valence-corrected chi connectivity index (χ1v) is 4.11. The minimum Gasteiger partial charge on any atom is -0.475 e. The summed E-state index contributed by atoms with van der Waals surface area (Å²) in [7, 11) is 1.70. The summed E-state index contributed by atoms with van der Waals surface area (Å²) in [4.78, 5) is 14.4. The van der Waals surface area contributed by atoms with E-state index in [0.29, 0.717) is 6.54 Å². The van der Waals surface area contributed by atoms with Crippen LogP contribution in [0.15, 0.2) is 6.20 Å². The Morgan fingerprint density at radius 1 is 1.77 bits per heavy atom. The van der Waals surface area contributed by atoms with Crippen LogP contribution in [0.1, 0.15) is 23.2 Å². The van der Waals surface area contributed by atoms with Gasteiger partial charge in [0.2, 0.25) is 5.82 Å². The Hall–Kier alpha value is -1.36. The molecule has 0 saturated heterocycles. The Bertz CT molecular complexity index is 306. The molecule has 0 amide bonds. The molecule has 1 heterocycles. The van der Waals surface area contributed by atoms with Crippen LogP contribution in [0.2, 0.25) is 0 Å². The van der Waals surface area contributed by atoms with E-state index < -0.39 is 5.97 Å². The Balaban J connectivity index is 2.80. The first-order chi connectivity index (χ1) is 6.16. The third kappa shape index (κ3) is 2.06. The molecule has 0 radical (unpaired) electrons. The van der Waals surface area contributed by atoms with Gasteiger partial charge in [-0.1, -0.05) is 6.92 Å². The number of aromatic nitrogens is 2. The van der Waals surface area contributed by atoms with Gasteiger partial charge in [0.1, 0.15) is 0 Å². The molecule has 0 spiro atoms. The van der Waals surface area contributed by atoms with Crippen LogP contribution < -0.4 is 5.32 Å². The molecular weight excluding hydrogens is 170 g/mol. The number of hydrogen-bond acceptors (Lipinski definition) is 3. The molecule has 0 aliphatic rings. The molecule has 0 atom stereocenters. The van der Waals surface area contributed by atoms with Crippen molar-refractivity contribution in [1.82, 2.24) is 14.9 Å². The quantitative estimate of drug-likeness (QED) is 0.701. The van der Waals surface area contributed by atoms with E-state index in [1.807, 2.05) is 6.92 Å². The molecule has 1 rings (SSSR count). The number of rotatable bonds is 4. The van der Waals surface area contributed by atoms with E-state index in [2.05, 4.69) is 10.3 Å². The number of carbonyl (C=O) groups is 1. The SMILES string of the molecule is CCNCc1cnc(C(=O)O)n1C. The van der Waals surface area contributed by atoms with Gasteiger partial charge in [-0.3, -0.25) is 0 Å². The largest absolute Gasteiger partial charge is 0.475 e. The summed E-state index contributed by atoms with van der Waals surface area (Å²) in [6.45, 7) is 3.50.